The van der Waals surface area contributed by atoms with Crippen LogP contribution in [-0.4, -0.2) is 99.4 Å². The van der Waals surface area contributed by atoms with Gasteiger partial charge in [0, 0.05) is 5.69 Å². The van der Waals surface area contributed by atoms with E-state index in [1.165, 1.54) is 193 Å². The molecule has 0 bridgehead atoms. The highest BCUT2D eigenvalue weighted by Crippen LogP contribution is 2.24. The topological polar surface area (TPSA) is 177 Å². The van der Waals surface area contributed by atoms with Crippen LogP contribution in [0.25, 0.3) is 0 Å². The second-order valence-corrected chi connectivity index (χ2v) is 21.1. The number of rotatable bonds is 47. The van der Waals surface area contributed by atoms with Gasteiger partial charge in [0.1, 0.15) is 31.0 Å². The Morgan fingerprint density at radius 3 is 1.49 bits per heavy atom. The first kappa shape index (κ1) is 64.2. The van der Waals surface area contributed by atoms with Crippen LogP contribution in [0.15, 0.2) is 24.3 Å². The molecule has 0 unspecified atom stereocenters. The lowest BCUT2D eigenvalue weighted by Gasteiger charge is -2.40. The summed E-state index contributed by atoms with van der Waals surface area (Å²) < 4.78 is 17.6. The molecule has 8 atom stereocenters. The van der Waals surface area contributed by atoms with E-state index in [0.29, 0.717) is 24.2 Å². The summed E-state index contributed by atoms with van der Waals surface area (Å²) in [6.07, 6.45) is 38.1. The maximum atomic E-state index is 11.4. The highest BCUT2D eigenvalue weighted by Gasteiger charge is 2.45. The van der Waals surface area contributed by atoms with Gasteiger partial charge in [-0.2, -0.15) is 5.26 Å². The van der Waals surface area contributed by atoms with Gasteiger partial charge in [-0.15, -0.1) is 0 Å². The quantitative estimate of drug-likeness (QED) is 0.0243. The molecule has 70 heavy (non-hydrogen) atoms. The first-order valence-electron chi connectivity index (χ1n) is 29.1. The molecule has 1 saturated heterocycles. The Kier molecular flexibility index (Phi) is 40.9. The minimum absolute atomic E-state index is 0.0285. The Hall–Kier alpha value is -1.92. The lowest BCUT2D eigenvalue weighted by molar-refractivity contribution is -0.302. The molecule has 0 saturated carbocycles. The second-order valence-electron chi connectivity index (χ2n) is 20.7. The zero-order valence-corrected chi connectivity index (χ0v) is 45.3. The first-order valence-corrected chi connectivity index (χ1v) is 29.5. The molecule has 0 amide bonds. The van der Waals surface area contributed by atoms with Crippen LogP contribution in [-0.2, 0) is 14.2 Å². The fourth-order valence-electron chi connectivity index (χ4n) is 9.66. The number of unbranched alkanes of at least 4 members (excludes halogenated alkanes) is 34. The predicted molar refractivity (Wildman–Crippen MR) is 292 cm³/mol. The number of nitriles is 1. The van der Waals surface area contributed by atoms with Gasteiger partial charge < -0.3 is 50.4 Å². The van der Waals surface area contributed by atoms with E-state index in [-0.39, 0.29) is 18.4 Å². The molecule has 1 aromatic rings. The van der Waals surface area contributed by atoms with E-state index in [2.05, 4.69) is 30.6 Å². The van der Waals surface area contributed by atoms with Gasteiger partial charge in [0.05, 0.1) is 36.5 Å². The van der Waals surface area contributed by atoms with Crippen LogP contribution in [0.4, 0.5) is 5.69 Å². The average Bonchev–Trinajstić information content (AvgIpc) is 3.36. The van der Waals surface area contributed by atoms with Crippen molar-refractivity contribution in [2.45, 2.75) is 300 Å². The van der Waals surface area contributed by atoms with Crippen molar-refractivity contribution in [3.05, 3.63) is 29.8 Å². The number of hydrogen-bond acceptors (Lipinski definition) is 11. The van der Waals surface area contributed by atoms with Crippen LogP contribution in [0.5, 0.6) is 0 Å². The van der Waals surface area contributed by atoms with Crippen molar-refractivity contribution in [3.63, 3.8) is 0 Å². The third kappa shape index (κ3) is 32.3. The van der Waals surface area contributed by atoms with Gasteiger partial charge in [-0.05, 0) is 49.8 Å². The van der Waals surface area contributed by atoms with Gasteiger partial charge >= 0.3 is 0 Å². The average molecular weight is 1000 g/mol. The molecule has 0 aliphatic carbocycles. The van der Waals surface area contributed by atoms with Crippen LogP contribution >= 0.6 is 12.2 Å². The largest absolute Gasteiger partial charge is 0.468 e. The summed E-state index contributed by atoms with van der Waals surface area (Å²) in [4.78, 5) is 0. The van der Waals surface area contributed by atoms with E-state index in [1.54, 1.807) is 24.3 Å². The van der Waals surface area contributed by atoms with E-state index in [0.717, 1.165) is 38.5 Å². The summed E-state index contributed by atoms with van der Waals surface area (Å²) >= 11 is 5.30. The minimum Gasteiger partial charge on any atom is -0.468 e. The molecular formula is C58H105N3O8S. The Bertz CT molecular complexity index is 1400. The molecular weight excluding hydrogens is 899 g/mol. The maximum absolute atomic E-state index is 11.4. The third-order valence-electron chi connectivity index (χ3n) is 14.3. The number of benzene rings is 1. The number of aliphatic hydroxyl groups excluding tert-OH is 5. The molecule has 1 aliphatic rings. The summed E-state index contributed by atoms with van der Waals surface area (Å²) in [6, 6.07) is 8.12. The lowest BCUT2D eigenvalue weighted by Crippen LogP contribution is -2.60. The Labute approximate surface area is 433 Å². The molecule has 7 N–H and O–H groups in total. The van der Waals surface area contributed by atoms with Gasteiger partial charge in [0.2, 0.25) is 0 Å². The summed E-state index contributed by atoms with van der Waals surface area (Å²) in [5.74, 6) is 0. The summed E-state index contributed by atoms with van der Waals surface area (Å²) in [5, 5.41) is 70.4. The van der Waals surface area contributed by atoms with Crippen molar-refractivity contribution in [2.75, 3.05) is 25.1 Å². The summed E-state index contributed by atoms with van der Waals surface area (Å²) in [7, 11) is 0. The number of anilines is 1. The molecule has 0 radical (unpaired) electrons. The molecule has 1 aliphatic heterocycles. The van der Waals surface area contributed by atoms with Gasteiger partial charge in [-0.25, -0.2) is 0 Å². The number of thiocarbonyl (C=S) groups is 1. The van der Waals surface area contributed by atoms with E-state index in [9.17, 15) is 30.8 Å². The van der Waals surface area contributed by atoms with Crippen LogP contribution in [0, 0.1) is 11.3 Å². The molecule has 0 spiro atoms. The Morgan fingerprint density at radius 1 is 0.614 bits per heavy atom. The highest BCUT2D eigenvalue weighted by atomic mass is 32.1. The van der Waals surface area contributed by atoms with Crippen molar-refractivity contribution >= 4 is 23.1 Å². The zero-order chi connectivity index (χ0) is 50.7. The number of aliphatic hydroxyl groups is 5. The van der Waals surface area contributed by atoms with Crippen LogP contribution in [0.1, 0.15) is 257 Å². The maximum Gasteiger partial charge on any atom is 0.261 e. The Morgan fingerprint density at radius 2 is 1.04 bits per heavy atom. The van der Waals surface area contributed by atoms with E-state index < -0.39 is 49.0 Å². The smallest absolute Gasteiger partial charge is 0.261 e. The first-order chi connectivity index (χ1) is 34.2. The summed E-state index contributed by atoms with van der Waals surface area (Å²) in [5.41, 5.74) is 0.997. The van der Waals surface area contributed by atoms with Gasteiger partial charge in [0.25, 0.3) is 5.17 Å². The summed E-state index contributed by atoms with van der Waals surface area (Å²) in [6.45, 7) is 4.80. The molecule has 2 rings (SSSR count). The lowest BCUT2D eigenvalue weighted by atomic mass is 9.98. The Balaban J connectivity index is 1.70. The van der Waals surface area contributed by atoms with Crippen molar-refractivity contribution in [1.82, 2.24) is 5.32 Å². The second kappa shape index (κ2) is 44.6. The SMILES string of the molecule is CCCCCCCCCCCCCCCCCCCCCCCCCCN[C@@H](CO[C@H]1O[C@H](COC(=S)Nc2cccc(C#N)c2)[C@H](O)[C@H](O)[C@H]1O)[C@H](O)[C@H](O)CCCCCCCCCCCCCC. The minimum atomic E-state index is -1.59. The van der Waals surface area contributed by atoms with Crippen molar-refractivity contribution in [3.8, 4) is 6.07 Å². The number of ether oxygens (including phenoxy) is 3. The number of hydrogen-bond donors (Lipinski definition) is 7. The fraction of sp³-hybridized carbons (Fsp3) is 0.862. The predicted octanol–water partition coefficient (Wildman–Crippen LogP) is 13.2. The van der Waals surface area contributed by atoms with Crippen molar-refractivity contribution in [1.29, 1.82) is 5.26 Å². The van der Waals surface area contributed by atoms with Crippen molar-refractivity contribution < 1.29 is 39.7 Å². The molecule has 12 heteroatoms. The van der Waals surface area contributed by atoms with Crippen LogP contribution < -0.4 is 10.6 Å². The molecule has 1 aromatic carbocycles. The molecule has 0 aromatic heterocycles. The highest BCUT2D eigenvalue weighted by molar-refractivity contribution is 7.80. The van der Waals surface area contributed by atoms with Gasteiger partial charge in [-0.1, -0.05) is 245 Å². The van der Waals surface area contributed by atoms with E-state index in [4.69, 9.17) is 26.4 Å². The van der Waals surface area contributed by atoms with Crippen LogP contribution in [0.2, 0.25) is 0 Å². The van der Waals surface area contributed by atoms with E-state index in [1.807, 2.05) is 0 Å². The van der Waals surface area contributed by atoms with E-state index >= 15 is 0 Å². The van der Waals surface area contributed by atoms with Crippen LogP contribution in [0.3, 0.4) is 0 Å². The number of nitrogens with one attached hydrogen (secondary N) is 2. The van der Waals surface area contributed by atoms with Gasteiger partial charge in [-0.3, -0.25) is 0 Å². The van der Waals surface area contributed by atoms with Gasteiger partial charge in [0.15, 0.2) is 6.29 Å². The fourth-order valence-corrected chi connectivity index (χ4v) is 9.84. The standard InChI is InChI=1S/C58H105N3O8S/c1-3-5-7-9-11-13-15-17-18-19-20-21-22-23-24-25-26-27-28-30-32-34-36-38-43-60-50(53(63)51(62)42-37-35-33-31-29-16-14-12-10-8-6-4-2)46-67-57-56(66)55(65)54(64)52(69-57)47-68-58(70)61-49-41-39-40-48(44-49)45-59/h39-41,44,50-57,60,62-66H,3-38,42-43,46-47H2,1-2H3,(H,61,70)/t50-,51+,52+,53-,54-,55-,56+,57-/m0/s1. The zero-order valence-electron chi connectivity index (χ0n) is 44.5. The molecule has 406 valence electrons. The third-order valence-corrected chi connectivity index (χ3v) is 14.5. The molecule has 11 nitrogen and oxygen atoms in total. The number of nitrogens with zero attached hydrogens (tertiary/aromatic N) is 1. The van der Waals surface area contributed by atoms with Crippen molar-refractivity contribution in [2.24, 2.45) is 0 Å². The monoisotopic (exact) mass is 1000 g/mol. The molecule has 1 heterocycles. The molecule has 1 fully saturated rings. The normalized spacial score (nSPS) is 19.4.